The number of phenolic OH excluding ortho intramolecular Hbond substituents is 2. The minimum Gasteiger partial charge on any atom is -0.504 e. The lowest BCUT2D eigenvalue weighted by molar-refractivity contribution is 0.0950. The lowest BCUT2D eigenvalue weighted by Gasteiger charge is -2.07. The molecule has 5 N–H and O–H groups in total. The van der Waals surface area contributed by atoms with Crippen molar-refractivity contribution in [1.29, 1.82) is 0 Å². The molecule has 0 saturated carbocycles. The average molecular weight is 258 g/mol. The van der Waals surface area contributed by atoms with Gasteiger partial charge in [-0.15, -0.1) is 0 Å². The first-order valence-electron chi connectivity index (χ1n) is 5.71. The van der Waals surface area contributed by atoms with E-state index in [1.165, 1.54) is 18.2 Å². The maximum Gasteiger partial charge on any atom is 0.251 e. The van der Waals surface area contributed by atoms with Crippen LogP contribution in [0.3, 0.4) is 0 Å². The number of nitrogens with one attached hydrogen (secondary N) is 1. The monoisotopic (exact) mass is 258 g/mol. The lowest BCUT2D eigenvalue weighted by atomic mass is 10.1. The van der Waals surface area contributed by atoms with Crippen molar-refractivity contribution in [2.75, 3.05) is 5.73 Å². The van der Waals surface area contributed by atoms with Crippen LogP contribution < -0.4 is 11.1 Å². The smallest absolute Gasteiger partial charge is 0.251 e. The fourth-order valence-electron chi connectivity index (χ4n) is 1.65. The van der Waals surface area contributed by atoms with Gasteiger partial charge in [-0.05, 0) is 35.9 Å². The molecule has 0 aliphatic heterocycles. The summed E-state index contributed by atoms with van der Waals surface area (Å²) in [6.07, 6.45) is 0. The second kappa shape index (κ2) is 5.30. The van der Waals surface area contributed by atoms with Gasteiger partial charge >= 0.3 is 0 Å². The molecule has 2 rings (SSSR count). The SMILES string of the molecule is Nc1cccc(CNC(=O)c2ccc(O)c(O)c2)c1. The number of carbonyl (C=O) groups is 1. The Labute approximate surface area is 110 Å². The summed E-state index contributed by atoms with van der Waals surface area (Å²) in [7, 11) is 0. The van der Waals surface area contributed by atoms with Crippen LogP contribution in [0.4, 0.5) is 5.69 Å². The topological polar surface area (TPSA) is 95.6 Å². The highest BCUT2D eigenvalue weighted by atomic mass is 16.3. The van der Waals surface area contributed by atoms with Crippen molar-refractivity contribution >= 4 is 11.6 Å². The fourth-order valence-corrected chi connectivity index (χ4v) is 1.65. The predicted molar refractivity (Wildman–Crippen MR) is 71.8 cm³/mol. The minimum absolute atomic E-state index is 0.257. The predicted octanol–water partition coefficient (Wildman–Crippen LogP) is 1.61. The van der Waals surface area contributed by atoms with Crippen molar-refractivity contribution in [3.05, 3.63) is 53.6 Å². The fraction of sp³-hybridized carbons (Fsp3) is 0.0714. The molecule has 0 unspecified atom stereocenters. The summed E-state index contributed by atoms with van der Waals surface area (Å²) < 4.78 is 0. The number of nitrogens with two attached hydrogens (primary N) is 1. The zero-order chi connectivity index (χ0) is 13.8. The van der Waals surface area contributed by atoms with Gasteiger partial charge in [-0.1, -0.05) is 12.1 Å². The van der Waals surface area contributed by atoms with Gasteiger partial charge in [0.1, 0.15) is 0 Å². The summed E-state index contributed by atoms with van der Waals surface area (Å²) in [6, 6.07) is 11.1. The van der Waals surface area contributed by atoms with Crippen LogP contribution in [0.15, 0.2) is 42.5 Å². The molecule has 0 aliphatic rings. The van der Waals surface area contributed by atoms with Gasteiger partial charge in [0.15, 0.2) is 11.5 Å². The number of hydrogen-bond donors (Lipinski definition) is 4. The Bertz CT molecular complexity index is 611. The molecule has 0 aliphatic carbocycles. The highest BCUT2D eigenvalue weighted by Gasteiger charge is 2.08. The first-order valence-corrected chi connectivity index (χ1v) is 5.71. The Morgan fingerprint density at radius 1 is 1.11 bits per heavy atom. The first kappa shape index (κ1) is 12.8. The lowest BCUT2D eigenvalue weighted by Crippen LogP contribution is -2.22. The average Bonchev–Trinajstić information content (AvgIpc) is 2.39. The van der Waals surface area contributed by atoms with E-state index >= 15 is 0 Å². The third kappa shape index (κ3) is 3.16. The number of anilines is 1. The van der Waals surface area contributed by atoms with Crippen LogP contribution in [-0.4, -0.2) is 16.1 Å². The molecule has 1 amide bonds. The van der Waals surface area contributed by atoms with Gasteiger partial charge in [-0.3, -0.25) is 4.79 Å². The van der Waals surface area contributed by atoms with E-state index in [9.17, 15) is 9.90 Å². The second-order valence-electron chi connectivity index (χ2n) is 4.13. The van der Waals surface area contributed by atoms with E-state index in [4.69, 9.17) is 10.8 Å². The van der Waals surface area contributed by atoms with Crippen LogP contribution in [0.5, 0.6) is 11.5 Å². The highest BCUT2D eigenvalue weighted by molar-refractivity contribution is 5.94. The van der Waals surface area contributed by atoms with Crippen molar-refractivity contribution in [2.24, 2.45) is 0 Å². The van der Waals surface area contributed by atoms with Crippen LogP contribution in [-0.2, 0) is 6.54 Å². The van der Waals surface area contributed by atoms with E-state index < -0.39 is 0 Å². The Hall–Kier alpha value is -2.69. The van der Waals surface area contributed by atoms with Crippen molar-refractivity contribution in [1.82, 2.24) is 5.32 Å². The third-order valence-corrected chi connectivity index (χ3v) is 2.64. The molecule has 0 saturated heterocycles. The number of phenols is 2. The summed E-state index contributed by atoms with van der Waals surface area (Å²) in [5, 5.41) is 21.2. The standard InChI is InChI=1S/C14H14N2O3/c15-11-3-1-2-9(6-11)8-16-14(19)10-4-5-12(17)13(18)7-10/h1-7,17-18H,8,15H2,(H,16,19). The molecule has 0 spiro atoms. The summed E-state index contributed by atoms with van der Waals surface area (Å²) in [6.45, 7) is 0.339. The van der Waals surface area contributed by atoms with Gasteiger partial charge in [0.25, 0.3) is 5.91 Å². The van der Waals surface area contributed by atoms with Crippen molar-refractivity contribution in [2.45, 2.75) is 6.54 Å². The molecule has 5 nitrogen and oxygen atoms in total. The van der Waals surface area contributed by atoms with Gasteiger partial charge in [0.05, 0.1) is 0 Å². The zero-order valence-corrected chi connectivity index (χ0v) is 10.1. The van der Waals surface area contributed by atoms with Crippen molar-refractivity contribution in [3.63, 3.8) is 0 Å². The summed E-state index contributed by atoms with van der Waals surface area (Å²) in [5.41, 5.74) is 7.43. The van der Waals surface area contributed by atoms with Gasteiger partial charge in [-0.25, -0.2) is 0 Å². The number of amides is 1. The molecule has 0 aromatic heterocycles. The molecule has 5 heteroatoms. The summed E-state index contributed by atoms with van der Waals surface area (Å²) >= 11 is 0. The zero-order valence-electron chi connectivity index (χ0n) is 10.1. The minimum atomic E-state index is -0.335. The molecule has 2 aromatic carbocycles. The van der Waals surface area contributed by atoms with Crippen LogP contribution in [0.25, 0.3) is 0 Å². The molecule has 0 heterocycles. The van der Waals surface area contributed by atoms with Gasteiger partial charge in [0, 0.05) is 17.8 Å². The van der Waals surface area contributed by atoms with Gasteiger partial charge in [0.2, 0.25) is 0 Å². The first-order chi connectivity index (χ1) is 9.06. The second-order valence-corrected chi connectivity index (χ2v) is 4.13. The maximum absolute atomic E-state index is 11.8. The number of hydrogen-bond acceptors (Lipinski definition) is 4. The Morgan fingerprint density at radius 3 is 2.58 bits per heavy atom. The quantitative estimate of drug-likeness (QED) is 0.497. The van der Waals surface area contributed by atoms with Crippen LogP contribution in [0.2, 0.25) is 0 Å². The Morgan fingerprint density at radius 2 is 1.89 bits per heavy atom. The normalized spacial score (nSPS) is 10.1. The van der Waals surface area contributed by atoms with Gasteiger partial charge in [-0.2, -0.15) is 0 Å². The molecule has 0 atom stereocenters. The van der Waals surface area contributed by atoms with Crippen molar-refractivity contribution in [3.8, 4) is 11.5 Å². The number of rotatable bonds is 3. The highest BCUT2D eigenvalue weighted by Crippen LogP contribution is 2.24. The Balaban J connectivity index is 2.03. The number of nitrogen functional groups attached to an aromatic ring is 1. The third-order valence-electron chi connectivity index (χ3n) is 2.64. The molecular formula is C14H14N2O3. The molecule has 0 fully saturated rings. The summed E-state index contributed by atoms with van der Waals surface area (Å²) in [5.74, 6) is -0.915. The summed E-state index contributed by atoms with van der Waals surface area (Å²) in [4.78, 5) is 11.8. The van der Waals surface area contributed by atoms with E-state index in [0.29, 0.717) is 12.2 Å². The molecule has 0 radical (unpaired) electrons. The largest absolute Gasteiger partial charge is 0.504 e. The Kier molecular flexibility index (Phi) is 3.56. The maximum atomic E-state index is 11.8. The number of aromatic hydroxyl groups is 2. The number of benzene rings is 2. The van der Waals surface area contributed by atoms with E-state index in [1.807, 2.05) is 12.1 Å². The van der Waals surface area contributed by atoms with E-state index in [2.05, 4.69) is 5.32 Å². The van der Waals surface area contributed by atoms with Crippen LogP contribution >= 0.6 is 0 Å². The van der Waals surface area contributed by atoms with E-state index in [0.717, 1.165) is 5.56 Å². The molecule has 19 heavy (non-hydrogen) atoms. The molecule has 0 bridgehead atoms. The van der Waals surface area contributed by atoms with Crippen LogP contribution in [0, 0.1) is 0 Å². The van der Waals surface area contributed by atoms with Gasteiger partial charge < -0.3 is 21.3 Å². The molecule has 98 valence electrons. The van der Waals surface area contributed by atoms with Crippen LogP contribution in [0.1, 0.15) is 15.9 Å². The number of carbonyl (C=O) groups excluding carboxylic acids is 1. The van der Waals surface area contributed by atoms with E-state index in [1.54, 1.807) is 12.1 Å². The molecule has 2 aromatic rings. The molecular weight excluding hydrogens is 244 g/mol. The van der Waals surface area contributed by atoms with Crippen molar-refractivity contribution < 1.29 is 15.0 Å². The van der Waals surface area contributed by atoms with E-state index in [-0.39, 0.29) is 23.0 Å².